The summed E-state index contributed by atoms with van der Waals surface area (Å²) in [7, 11) is 0. The minimum absolute atomic E-state index is 0.327. The Balaban J connectivity index is 1.84. The van der Waals surface area contributed by atoms with Gasteiger partial charge < -0.3 is 5.32 Å². The molecule has 2 rings (SSSR count). The number of hydrogen-bond donors (Lipinski definition) is 1. The molecule has 0 fully saturated rings. The lowest BCUT2D eigenvalue weighted by atomic mass is 10.3. The van der Waals surface area contributed by atoms with Crippen LogP contribution < -0.4 is 5.32 Å². The Morgan fingerprint density at radius 1 is 1.32 bits per heavy atom. The molecule has 0 aliphatic rings. The summed E-state index contributed by atoms with van der Waals surface area (Å²) < 4.78 is 1.99. The van der Waals surface area contributed by atoms with Gasteiger partial charge in [0.05, 0.1) is 5.69 Å². The van der Waals surface area contributed by atoms with Crippen molar-refractivity contribution in [2.45, 2.75) is 26.8 Å². The maximum Gasteiger partial charge on any atom is 0.182 e. The lowest BCUT2D eigenvalue weighted by Crippen LogP contribution is -2.10. The van der Waals surface area contributed by atoms with Crippen LogP contribution >= 0.6 is 0 Å². The average molecular weight is 256 g/mol. The van der Waals surface area contributed by atoms with E-state index in [1.54, 1.807) is 6.20 Å². The standard InChI is InChI=1S/C13H16N6/c1-10-8-11(2)19(18-10)7-3-4-16-13-12(9-14)15-5-6-17-13/h5-6,8H,3-4,7H2,1-2H3,(H,16,17). The normalized spacial score (nSPS) is 10.2. The van der Waals surface area contributed by atoms with Crippen molar-refractivity contribution < 1.29 is 0 Å². The molecule has 2 aromatic rings. The minimum Gasteiger partial charge on any atom is -0.368 e. The van der Waals surface area contributed by atoms with Crippen molar-refractivity contribution in [2.24, 2.45) is 0 Å². The molecule has 0 spiro atoms. The lowest BCUT2D eigenvalue weighted by Gasteiger charge is -2.07. The molecule has 6 heteroatoms. The molecule has 0 bridgehead atoms. The van der Waals surface area contributed by atoms with Crippen molar-refractivity contribution in [3.8, 4) is 6.07 Å². The topological polar surface area (TPSA) is 79.4 Å². The Kier molecular flexibility index (Phi) is 4.08. The van der Waals surface area contributed by atoms with E-state index in [-0.39, 0.29) is 0 Å². The zero-order valence-corrected chi connectivity index (χ0v) is 11.1. The van der Waals surface area contributed by atoms with Crippen molar-refractivity contribution >= 4 is 5.82 Å². The molecule has 6 nitrogen and oxygen atoms in total. The van der Waals surface area contributed by atoms with Gasteiger partial charge in [-0.15, -0.1) is 0 Å². The van der Waals surface area contributed by atoms with Crippen LogP contribution in [0.2, 0.25) is 0 Å². The summed E-state index contributed by atoms with van der Waals surface area (Å²) in [4.78, 5) is 8.05. The summed E-state index contributed by atoms with van der Waals surface area (Å²) in [5, 5.41) is 16.4. The summed E-state index contributed by atoms with van der Waals surface area (Å²) in [6.07, 6.45) is 3.99. The molecule has 19 heavy (non-hydrogen) atoms. The van der Waals surface area contributed by atoms with Crippen LogP contribution in [0.1, 0.15) is 23.5 Å². The first kappa shape index (κ1) is 13.0. The van der Waals surface area contributed by atoms with Gasteiger partial charge in [-0.05, 0) is 26.3 Å². The minimum atomic E-state index is 0.327. The van der Waals surface area contributed by atoms with E-state index >= 15 is 0 Å². The highest BCUT2D eigenvalue weighted by Gasteiger charge is 2.03. The molecule has 2 aromatic heterocycles. The Morgan fingerprint density at radius 2 is 2.11 bits per heavy atom. The van der Waals surface area contributed by atoms with Crippen molar-refractivity contribution in [1.82, 2.24) is 19.7 Å². The van der Waals surface area contributed by atoms with Crippen LogP contribution in [0.25, 0.3) is 0 Å². The van der Waals surface area contributed by atoms with Gasteiger partial charge in [0.1, 0.15) is 6.07 Å². The molecule has 0 unspecified atom stereocenters. The van der Waals surface area contributed by atoms with Crippen molar-refractivity contribution in [3.05, 3.63) is 35.5 Å². The fourth-order valence-electron chi connectivity index (χ4n) is 1.89. The summed E-state index contributed by atoms with van der Waals surface area (Å²) >= 11 is 0. The summed E-state index contributed by atoms with van der Waals surface area (Å²) in [6.45, 7) is 5.60. The van der Waals surface area contributed by atoms with E-state index in [0.717, 1.165) is 30.9 Å². The van der Waals surface area contributed by atoms with Crippen molar-refractivity contribution in [3.63, 3.8) is 0 Å². The van der Waals surface area contributed by atoms with E-state index in [9.17, 15) is 0 Å². The Morgan fingerprint density at radius 3 is 2.79 bits per heavy atom. The molecule has 0 aromatic carbocycles. The summed E-state index contributed by atoms with van der Waals surface area (Å²) in [5.41, 5.74) is 2.52. The first-order valence-corrected chi connectivity index (χ1v) is 6.16. The first-order valence-electron chi connectivity index (χ1n) is 6.16. The third-order valence-corrected chi connectivity index (χ3v) is 2.75. The van der Waals surface area contributed by atoms with Crippen molar-refractivity contribution in [1.29, 1.82) is 5.26 Å². The third kappa shape index (κ3) is 3.28. The average Bonchev–Trinajstić information content (AvgIpc) is 2.73. The van der Waals surface area contributed by atoms with Gasteiger partial charge in [-0.25, -0.2) is 9.97 Å². The number of nitrogens with one attached hydrogen (secondary N) is 1. The molecule has 1 N–H and O–H groups in total. The molecule has 0 aliphatic heterocycles. The number of hydrogen-bond acceptors (Lipinski definition) is 5. The van der Waals surface area contributed by atoms with E-state index in [2.05, 4.69) is 26.4 Å². The molecule has 0 amide bonds. The highest BCUT2D eigenvalue weighted by molar-refractivity contribution is 5.46. The molecule has 0 saturated heterocycles. The molecule has 98 valence electrons. The highest BCUT2D eigenvalue weighted by atomic mass is 15.3. The largest absolute Gasteiger partial charge is 0.368 e. The van der Waals surface area contributed by atoms with E-state index < -0.39 is 0 Å². The van der Waals surface area contributed by atoms with Crippen LogP contribution in [0, 0.1) is 25.2 Å². The van der Waals surface area contributed by atoms with Crippen LogP contribution in [0.4, 0.5) is 5.82 Å². The summed E-state index contributed by atoms with van der Waals surface area (Å²) in [6, 6.07) is 4.07. The maximum absolute atomic E-state index is 8.89. The molecule has 0 atom stereocenters. The predicted octanol–water partition coefficient (Wildman–Crippen LogP) is 1.66. The molecule has 0 saturated carbocycles. The smallest absolute Gasteiger partial charge is 0.182 e. The second kappa shape index (κ2) is 5.96. The molecular weight excluding hydrogens is 240 g/mol. The van der Waals surface area contributed by atoms with E-state index in [0.29, 0.717) is 11.5 Å². The first-order chi connectivity index (χ1) is 9.20. The number of nitriles is 1. The van der Waals surface area contributed by atoms with Crippen LogP contribution in [-0.2, 0) is 6.54 Å². The lowest BCUT2D eigenvalue weighted by molar-refractivity contribution is 0.573. The molecule has 0 radical (unpaired) electrons. The van der Waals surface area contributed by atoms with Gasteiger partial charge in [0.15, 0.2) is 11.5 Å². The van der Waals surface area contributed by atoms with E-state index in [4.69, 9.17) is 5.26 Å². The van der Waals surface area contributed by atoms with Crippen molar-refractivity contribution in [2.75, 3.05) is 11.9 Å². The second-order valence-corrected chi connectivity index (χ2v) is 4.30. The van der Waals surface area contributed by atoms with Gasteiger partial charge in [-0.3, -0.25) is 4.68 Å². The van der Waals surface area contributed by atoms with E-state index in [1.807, 2.05) is 24.6 Å². The predicted molar refractivity (Wildman–Crippen MR) is 71.6 cm³/mol. The highest BCUT2D eigenvalue weighted by Crippen LogP contribution is 2.07. The van der Waals surface area contributed by atoms with Gasteiger partial charge in [0.25, 0.3) is 0 Å². The summed E-state index contributed by atoms with van der Waals surface area (Å²) in [5.74, 6) is 0.540. The number of anilines is 1. The molecule has 2 heterocycles. The van der Waals surface area contributed by atoms with Gasteiger partial charge in [-0.1, -0.05) is 0 Å². The number of aryl methyl sites for hydroxylation is 3. The Bertz CT molecular complexity index is 595. The quantitative estimate of drug-likeness (QED) is 0.823. The van der Waals surface area contributed by atoms with Gasteiger partial charge in [0.2, 0.25) is 0 Å². The van der Waals surface area contributed by atoms with Crippen LogP contribution in [0.15, 0.2) is 18.5 Å². The molecular formula is C13H16N6. The third-order valence-electron chi connectivity index (χ3n) is 2.75. The Labute approximate surface area is 112 Å². The Hall–Kier alpha value is -2.42. The number of nitrogens with zero attached hydrogens (tertiary/aromatic N) is 5. The maximum atomic E-state index is 8.89. The fraction of sp³-hybridized carbons (Fsp3) is 0.385. The number of rotatable bonds is 5. The van der Waals surface area contributed by atoms with Crippen LogP contribution in [-0.4, -0.2) is 26.3 Å². The SMILES string of the molecule is Cc1cc(C)n(CCCNc2nccnc2C#N)n1. The number of aromatic nitrogens is 4. The second-order valence-electron chi connectivity index (χ2n) is 4.30. The van der Waals surface area contributed by atoms with Crippen LogP contribution in [0.3, 0.4) is 0 Å². The van der Waals surface area contributed by atoms with Gasteiger partial charge >= 0.3 is 0 Å². The fourth-order valence-corrected chi connectivity index (χ4v) is 1.89. The molecule has 0 aliphatic carbocycles. The van der Waals surface area contributed by atoms with Gasteiger partial charge in [0, 0.05) is 31.2 Å². The zero-order valence-electron chi connectivity index (χ0n) is 11.1. The van der Waals surface area contributed by atoms with Gasteiger partial charge in [-0.2, -0.15) is 10.4 Å². The van der Waals surface area contributed by atoms with Crippen LogP contribution in [0.5, 0.6) is 0 Å². The zero-order chi connectivity index (χ0) is 13.7. The monoisotopic (exact) mass is 256 g/mol. The van der Waals surface area contributed by atoms with E-state index in [1.165, 1.54) is 6.20 Å².